The Morgan fingerprint density at radius 3 is 1.71 bits per heavy atom. The molecule has 0 atom stereocenters. The summed E-state index contributed by atoms with van der Waals surface area (Å²) in [5, 5.41) is 11.2. The third kappa shape index (κ3) is 13.3. The molecular weight excluding hydrogens is 556 g/mol. The lowest BCUT2D eigenvalue weighted by atomic mass is 9.79. The van der Waals surface area contributed by atoms with Crippen LogP contribution in [0, 0.1) is 6.92 Å². The summed E-state index contributed by atoms with van der Waals surface area (Å²) >= 11 is 0. The highest BCUT2D eigenvalue weighted by atomic mass is 15.3. The molecular formula is C37H72N8. The summed E-state index contributed by atoms with van der Waals surface area (Å²) < 4.78 is 0. The number of nitrogens with zero attached hydrogens (tertiary/aromatic N) is 5. The predicted octanol–water partition coefficient (Wildman–Crippen LogP) is 7.87. The van der Waals surface area contributed by atoms with E-state index in [9.17, 15) is 0 Å². The van der Waals surface area contributed by atoms with Crippen LogP contribution in [0.25, 0.3) is 0 Å². The van der Waals surface area contributed by atoms with Gasteiger partial charge in [-0.25, -0.2) is 0 Å². The molecule has 0 aliphatic carbocycles. The average Bonchev–Trinajstić information content (AvgIpc) is 2.88. The van der Waals surface area contributed by atoms with Gasteiger partial charge >= 0.3 is 0 Å². The molecule has 2 aliphatic heterocycles. The molecule has 1 aromatic rings. The summed E-state index contributed by atoms with van der Waals surface area (Å²) in [4.78, 5) is 19.8. The fourth-order valence-corrected chi connectivity index (χ4v) is 8.47. The van der Waals surface area contributed by atoms with Crippen molar-refractivity contribution >= 4 is 11.9 Å². The van der Waals surface area contributed by atoms with Gasteiger partial charge in [-0.2, -0.15) is 15.0 Å². The van der Waals surface area contributed by atoms with E-state index in [0.29, 0.717) is 12.1 Å². The molecule has 0 aromatic carbocycles. The van der Waals surface area contributed by atoms with Crippen molar-refractivity contribution < 1.29 is 0 Å². The third-order valence-corrected chi connectivity index (χ3v) is 9.87. The molecule has 45 heavy (non-hydrogen) atoms. The molecule has 0 amide bonds. The topological polar surface area (TPSA) is 81.2 Å². The van der Waals surface area contributed by atoms with Gasteiger partial charge < -0.3 is 25.8 Å². The molecule has 0 spiro atoms. The van der Waals surface area contributed by atoms with E-state index in [4.69, 9.17) is 9.97 Å². The largest absolute Gasteiger partial charge is 0.354 e. The van der Waals surface area contributed by atoms with Crippen LogP contribution in [-0.4, -0.2) is 80.8 Å². The first-order chi connectivity index (χ1) is 21.0. The Labute approximate surface area is 278 Å². The maximum absolute atomic E-state index is 5.03. The van der Waals surface area contributed by atoms with Gasteiger partial charge in [0.2, 0.25) is 11.9 Å². The lowest BCUT2D eigenvalue weighted by Crippen LogP contribution is -2.62. The van der Waals surface area contributed by atoms with Crippen molar-refractivity contribution in [1.29, 1.82) is 0 Å². The molecule has 3 N–H and O–H groups in total. The standard InChI is InChI=1S/C37H72N8/c1-12-13-14-15-16-19-22-38-32-39-29(2)40-33(41-32)45(31-27-36(7,8)43-37(9,10)28-31)24-21-18-17-20-23-44(11)30-25-34(3,4)42-35(5,6)26-30/h30-31,42-43H,12-28H2,1-11H3,(H,38,39,40,41). The molecule has 0 unspecified atom stereocenters. The van der Waals surface area contributed by atoms with Crippen LogP contribution in [0.5, 0.6) is 0 Å². The summed E-state index contributed by atoms with van der Waals surface area (Å²) in [5.41, 5.74) is 0.514. The summed E-state index contributed by atoms with van der Waals surface area (Å²) in [6, 6.07) is 1.04. The van der Waals surface area contributed by atoms with E-state index in [1.54, 1.807) is 0 Å². The zero-order chi connectivity index (χ0) is 33.3. The zero-order valence-electron chi connectivity index (χ0n) is 31.4. The smallest absolute Gasteiger partial charge is 0.230 e. The fraction of sp³-hybridized carbons (Fsp3) is 0.919. The number of aryl methyl sites for hydroxylation is 1. The lowest BCUT2D eigenvalue weighted by Gasteiger charge is -2.49. The Kier molecular flexibility index (Phi) is 14.0. The molecule has 0 radical (unpaired) electrons. The van der Waals surface area contributed by atoms with Crippen molar-refractivity contribution in [2.24, 2.45) is 0 Å². The Bertz CT molecular complexity index is 988. The van der Waals surface area contributed by atoms with Crippen LogP contribution in [0.2, 0.25) is 0 Å². The van der Waals surface area contributed by atoms with E-state index >= 15 is 0 Å². The number of nitrogens with one attached hydrogen (secondary N) is 3. The lowest BCUT2D eigenvalue weighted by molar-refractivity contribution is 0.0805. The molecule has 3 heterocycles. The van der Waals surface area contributed by atoms with Crippen molar-refractivity contribution in [1.82, 2.24) is 30.5 Å². The van der Waals surface area contributed by atoms with Crippen LogP contribution < -0.4 is 20.9 Å². The molecule has 2 saturated heterocycles. The fourth-order valence-electron chi connectivity index (χ4n) is 8.47. The van der Waals surface area contributed by atoms with Gasteiger partial charge in [-0.15, -0.1) is 0 Å². The van der Waals surface area contributed by atoms with Gasteiger partial charge in [0.05, 0.1) is 0 Å². The van der Waals surface area contributed by atoms with Crippen LogP contribution in [0.15, 0.2) is 0 Å². The van der Waals surface area contributed by atoms with Gasteiger partial charge in [0.25, 0.3) is 0 Å². The molecule has 8 nitrogen and oxygen atoms in total. The number of aromatic nitrogens is 3. The number of unbranched alkanes of at least 4 members (excludes halogenated alkanes) is 8. The van der Waals surface area contributed by atoms with Crippen LogP contribution in [0.4, 0.5) is 11.9 Å². The molecule has 260 valence electrons. The zero-order valence-corrected chi connectivity index (χ0v) is 31.4. The number of hydrogen-bond donors (Lipinski definition) is 3. The van der Waals surface area contributed by atoms with Gasteiger partial charge in [0.15, 0.2) is 0 Å². The van der Waals surface area contributed by atoms with Crippen molar-refractivity contribution in [2.45, 2.75) is 193 Å². The van der Waals surface area contributed by atoms with E-state index in [1.165, 1.54) is 70.8 Å². The number of anilines is 2. The maximum Gasteiger partial charge on any atom is 0.230 e. The Balaban J connectivity index is 1.59. The summed E-state index contributed by atoms with van der Waals surface area (Å²) in [5.74, 6) is 2.38. The monoisotopic (exact) mass is 629 g/mol. The summed E-state index contributed by atoms with van der Waals surface area (Å²) in [7, 11) is 2.34. The second kappa shape index (κ2) is 16.5. The number of piperidine rings is 2. The Morgan fingerprint density at radius 1 is 0.644 bits per heavy atom. The Hall–Kier alpha value is -1.51. The molecule has 2 fully saturated rings. The van der Waals surface area contributed by atoms with Crippen molar-refractivity contribution in [3.8, 4) is 0 Å². The SMILES string of the molecule is CCCCCCCCNc1nc(C)nc(N(CCCCCCN(C)C2CC(C)(C)NC(C)(C)C2)C2CC(C)(C)NC(C)(C)C2)n1. The van der Waals surface area contributed by atoms with Crippen molar-refractivity contribution in [2.75, 3.05) is 36.9 Å². The number of hydrogen-bond acceptors (Lipinski definition) is 8. The normalized spacial score (nSPS) is 21.2. The second-order valence-electron chi connectivity index (χ2n) is 17.2. The molecule has 0 bridgehead atoms. The first-order valence-corrected chi connectivity index (χ1v) is 18.5. The summed E-state index contributed by atoms with van der Waals surface area (Å²) in [6.07, 6.45) is 17.2. The van der Waals surface area contributed by atoms with E-state index < -0.39 is 0 Å². The summed E-state index contributed by atoms with van der Waals surface area (Å²) in [6.45, 7) is 26.1. The van der Waals surface area contributed by atoms with Crippen LogP contribution in [-0.2, 0) is 0 Å². The highest BCUT2D eigenvalue weighted by Gasteiger charge is 2.41. The van der Waals surface area contributed by atoms with Crippen LogP contribution in [0.1, 0.15) is 158 Å². The second-order valence-corrected chi connectivity index (χ2v) is 17.2. The van der Waals surface area contributed by atoms with Crippen LogP contribution >= 0.6 is 0 Å². The highest BCUT2D eigenvalue weighted by Crippen LogP contribution is 2.34. The van der Waals surface area contributed by atoms with E-state index in [2.05, 4.69) is 100 Å². The minimum absolute atomic E-state index is 0.0634. The van der Waals surface area contributed by atoms with Crippen LogP contribution in [0.3, 0.4) is 0 Å². The highest BCUT2D eigenvalue weighted by molar-refractivity contribution is 5.39. The number of rotatable bonds is 18. The first-order valence-electron chi connectivity index (χ1n) is 18.5. The van der Waals surface area contributed by atoms with Crippen molar-refractivity contribution in [3.63, 3.8) is 0 Å². The van der Waals surface area contributed by atoms with Gasteiger partial charge in [0.1, 0.15) is 5.82 Å². The molecule has 8 heteroatoms. The first kappa shape index (κ1) is 37.9. The van der Waals surface area contributed by atoms with E-state index in [0.717, 1.165) is 56.5 Å². The van der Waals surface area contributed by atoms with Gasteiger partial charge in [-0.1, -0.05) is 51.9 Å². The average molecular weight is 629 g/mol. The quantitative estimate of drug-likeness (QED) is 0.142. The van der Waals surface area contributed by atoms with Crippen molar-refractivity contribution in [3.05, 3.63) is 5.82 Å². The molecule has 2 aliphatic rings. The predicted molar refractivity (Wildman–Crippen MR) is 194 cm³/mol. The van der Waals surface area contributed by atoms with Gasteiger partial charge in [-0.05, 0) is 121 Å². The Morgan fingerprint density at radius 2 is 1.13 bits per heavy atom. The minimum Gasteiger partial charge on any atom is -0.354 e. The van der Waals surface area contributed by atoms with E-state index in [-0.39, 0.29) is 22.2 Å². The van der Waals surface area contributed by atoms with Gasteiger partial charge in [-0.3, -0.25) is 0 Å². The molecule has 0 saturated carbocycles. The minimum atomic E-state index is 0.0634. The van der Waals surface area contributed by atoms with E-state index in [1.807, 2.05) is 6.92 Å². The molecule has 1 aromatic heterocycles. The van der Waals surface area contributed by atoms with Gasteiger partial charge in [0, 0.05) is 47.3 Å². The molecule has 3 rings (SSSR count). The maximum atomic E-state index is 5.03. The third-order valence-electron chi connectivity index (χ3n) is 9.87.